The molecule has 1 fully saturated rings. The van der Waals surface area contributed by atoms with Gasteiger partial charge in [0.25, 0.3) is 17.5 Å². The minimum absolute atomic E-state index is 0.110. The number of nitrogens with zero attached hydrogens (tertiary/aromatic N) is 2. The van der Waals surface area contributed by atoms with E-state index in [2.05, 4.69) is 5.32 Å². The molecular weight excluding hydrogens is 346 g/mol. The lowest BCUT2D eigenvalue weighted by Gasteiger charge is -2.27. The van der Waals surface area contributed by atoms with Crippen molar-refractivity contribution in [1.29, 1.82) is 0 Å². The minimum Gasteiger partial charge on any atom is -0.339 e. The summed E-state index contributed by atoms with van der Waals surface area (Å²) in [5.74, 6) is -0.587. The maximum absolute atomic E-state index is 12.8. The Morgan fingerprint density at radius 1 is 1.00 bits per heavy atom. The first-order chi connectivity index (χ1) is 13.0. The van der Waals surface area contributed by atoms with Gasteiger partial charge in [-0.3, -0.25) is 19.7 Å². The summed E-state index contributed by atoms with van der Waals surface area (Å²) >= 11 is 0. The van der Waals surface area contributed by atoms with Gasteiger partial charge in [0.2, 0.25) is 0 Å². The van der Waals surface area contributed by atoms with E-state index in [0.29, 0.717) is 29.9 Å². The molecule has 0 radical (unpaired) electrons. The largest absolute Gasteiger partial charge is 0.339 e. The Morgan fingerprint density at radius 3 is 2.37 bits per heavy atom. The normalized spacial score (nSPS) is 13.9. The number of nitro groups is 1. The van der Waals surface area contributed by atoms with Crippen LogP contribution < -0.4 is 5.32 Å². The number of rotatable bonds is 4. The van der Waals surface area contributed by atoms with E-state index in [1.54, 1.807) is 29.2 Å². The van der Waals surface area contributed by atoms with Gasteiger partial charge in [-0.05, 0) is 44.4 Å². The SMILES string of the molecule is Cc1c(C(=O)Nc2ccccc2C(=O)N2CCCCC2)cccc1[N+](=O)[O-]. The smallest absolute Gasteiger partial charge is 0.273 e. The predicted octanol–water partition coefficient (Wildman–Crippen LogP) is 3.78. The molecular formula is C20H21N3O4. The summed E-state index contributed by atoms with van der Waals surface area (Å²) in [5, 5.41) is 13.8. The lowest BCUT2D eigenvalue weighted by molar-refractivity contribution is -0.385. The fraction of sp³-hybridized carbons (Fsp3) is 0.300. The zero-order chi connectivity index (χ0) is 19.4. The van der Waals surface area contributed by atoms with Crippen LogP contribution >= 0.6 is 0 Å². The van der Waals surface area contributed by atoms with Crippen LogP contribution in [0.5, 0.6) is 0 Å². The zero-order valence-electron chi connectivity index (χ0n) is 15.1. The number of anilines is 1. The van der Waals surface area contributed by atoms with Crippen molar-refractivity contribution in [1.82, 2.24) is 4.90 Å². The van der Waals surface area contributed by atoms with Gasteiger partial charge >= 0.3 is 0 Å². The molecule has 1 aliphatic heterocycles. The predicted molar refractivity (Wildman–Crippen MR) is 102 cm³/mol. The number of nitro benzene ring substituents is 1. The van der Waals surface area contributed by atoms with Crippen molar-refractivity contribution in [3.8, 4) is 0 Å². The molecule has 27 heavy (non-hydrogen) atoms. The van der Waals surface area contributed by atoms with Gasteiger partial charge < -0.3 is 10.2 Å². The molecule has 1 N–H and O–H groups in total. The highest BCUT2D eigenvalue weighted by Gasteiger charge is 2.23. The van der Waals surface area contributed by atoms with Crippen molar-refractivity contribution in [2.75, 3.05) is 18.4 Å². The van der Waals surface area contributed by atoms with Gasteiger partial charge in [-0.1, -0.05) is 18.2 Å². The zero-order valence-corrected chi connectivity index (χ0v) is 15.1. The van der Waals surface area contributed by atoms with Crippen LogP contribution in [0.4, 0.5) is 11.4 Å². The van der Waals surface area contributed by atoms with Crippen LogP contribution in [-0.2, 0) is 0 Å². The molecule has 0 atom stereocenters. The van der Waals surface area contributed by atoms with Crippen molar-refractivity contribution < 1.29 is 14.5 Å². The van der Waals surface area contributed by atoms with Crippen LogP contribution in [0.15, 0.2) is 42.5 Å². The molecule has 1 aliphatic rings. The van der Waals surface area contributed by atoms with E-state index in [9.17, 15) is 19.7 Å². The number of amides is 2. The lowest BCUT2D eigenvalue weighted by atomic mass is 10.0. The van der Waals surface area contributed by atoms with Crippen LogP contribution in [0.1, 0.15) is 45.5 Å². The molecule has 0 saturated carbocycles. The third-order valence-corrected chi connectivity index (χ3v) is 4.80. The van der Waals surface area contributed by atoms with Crippen LogP contribution in [0, 0.1) is 17.0 Å². The number of hydrogen-bond donors (Lipinski definition) is 1. The fourth-order valence-electron chi connectivity index (χ4n) is 3.30. The Morgan fingerprint density at radius 2 is 1.67 bits per heavy atom. The molecule has 140 valence electrons. The molecule has 7 heteroatoms. The number of piperidine rings is 1. The van der Waals surface area contributed by atoms with Crippen molar-refractivity contribution in [3.63, 3.8) is 0 Å². The van der Waals surface area contributed by atoms with Gasteiger partial charge in [-0.2, -0.15) is 0 Å². The van der Waals surface area contributed by atoms with Crippen LogP contribution in [0.3, 0.4) is 0 Å². The topological polar surface area (TPSA) is 92.6 Å². The molecule has 2 aromatic carbocycles. The van der Waals surface area contributed by atoms with E-state index in [1.807, 2.05) is 0 Å². The molecule has 0 unspecified atom stereocenters. The monoisotopic (exact) mass is 367 g/mol. The first kappa shape index (κ1) is 18.6. The van der Waals surface area contributed by atoms with Gasteiger partial charge in [0.1, 0.15) is 0 Å². The van der Waals surface area contributed by atoms with Crippen LogP contribution in [0.25, 0.3) is 0 Å². The second-order valence-electron chi connectivity index (χ2n) is 6.56. The number of hydrogen-bond acceptors (Lipinski definition) is 4. The number of carbonyl (C=O) groups is 2. The second-order valence-corrected chi connectivity index (χ2v) is 6.56. The van der Waals surface area contributed by atoms with Crippen LogP contribution in [0.2, 0.25) is 0 Å². The van der Waals surface area contributed by atoms with E-state index in [1.165, 1.54) is 25.1 Å². The first-order valence-corrected chi connectivity index (χ1v) is 8.92. The maximum Gasteiger partial charge on any atom is 0.273 e. The van der Waals surface area contributed by atoms with Crippen molar-refractivity contribution >= 4 is 23.2 Å². The van der Waals surface area contributed by atoms with Gasteiger partial charge in [0.05, 0.1) is 16.2 Å². The molecule has 0 spiro atoms. The number of likely N-dealkylation sites (tertiary alicyclic amines) is 1. The van der Waals surface area contributed by atoms with E-state index in [4.69, 9.17) is 0 Å². The fourth-order valence-corrected chi connectivity index (χ4v) is 3.30. The molecule has 2 aromatic rings. The van der Waals surface area contributed by atoms with Crippen molar-refractivity contribution in [2.45, 2.75) is 26.2 Å². The molecule has 7 nitrogen and oxygen atoms in total. The Hall–Kier alpha value is -3.22. The molecule has 3 rings (SSSR count). The van der Waals surface area contributed by atoms with Gasteiger partial charge in [0, 0.05) is 30.3 Å². The summed E-state index contributed by atoms with van der Waals surface area (Å²) in [6, 6.07) is 11.2. The second kappa shape index (κ2) is 7.99. The van der Waals surface area contributed by atoms with E-state index >= 15 is 0 Å². The highest BCUT2D eigenvalue weighted by atomic mass is 16.6. The van der Waals surface area contributed by atoms with Gasteiger partial charge in [-0.25, -0.2) is 0 Å². The van der Waals surface area contributed by atoms with Gasteiger partial charge in [-0.15, -0.1) is 0 Å². The Bertz CT molecular complexity index is 889. The highest BCUT2D eigenvalue weighted by molar-refractivity contribution is 6.09. The van der Waals surface area contributed by atoms with E-state index < -0.39 is 10.8 Å². The molecule has 0 bridgehead atoms. The minimum atomic E-state index is -0.514. The third-order valence-electron chi connectivity index (χ3n) is 4.80. The Labute approximate surface area is 157 Å². The number of benzene rings is 2. The first-order valence-electron chi connectivity index (χ1n) is 8.92. The molecule has 0 aromatic heterocycles. The number of nitrogens with one attached hydrogen (secondary N) is 1. The molecule has 0 aliphatic carbocycles. The quantitative estimate of drug-likeness (QED) is 0.657. The molecule has 1 saturated heterocycles. The maximum atomic E-state index is 12.8. The Balaban J connectivity index is 1.86. The summed E-state index contributed by atoms with van der Waals surface area (Å²) in [4.78, 5) is 37.9. The molecule has 2 amide bonds. The highest BCUT2D eigenvalue weighted by Crippen LogP contribution is 2.24. The average Bonchev–Trinajstić information content (AvgIpc) is 2.68. The van der Waals surface area contributed by atoms with Gasteiger partial charge in [0.15, 0.2) is 0 Å². The van der Waals surface area contributed by atoms with E-state index in [-0.39, 0.29) is 17.2 Å². The van der Waals surface area contributed by atoms with Crippen molar-refractivity contribution in [2.24, 2.45) is 0 Å². The summed E-state index contributed by atoms with van der Waals surface area (Å²) in [5.41, 5.74) is 1.23. The lowest BCUT2D eigenvalue weighted by Crippen LogP contribution is -2.36. The summed E-state index contributed by atoms with van der Waals surface area (Å²) in [6.45, 7) is 2.97. The van der Waals surface area contributed by atoms with E-state index in [0.717, 1.165) is 19.3 Å². The average molecular weight is 367 g/mol. The summed E-state index contributed by atoms with van der Waals surface area (Å²) in [7, 11) is 0. The number of para-hydroxylation sites is 1. The Kier molecular flexibility index (Phi) is 5.49. The summed E-state index contributed by atoms with van der Waals surface area (Å²) < 4.78 is 0. The number of carbonyl (C=O) groups excluding carboxylic acids is 2. The summed E-state index contributed by atoms with van der Waals surface area (Å²) in [6.07, 6.45) is 3.08. The van der Waals surface area contributed by atoms with Crippen molar-refractivity contribution in [3.05, 3.63) is 69.3 Å². The third kappa shape index (κ3) is 3.97. The standard InChI is InChI=1S/C20H21N3O4/c1-14-15(9-7-11-18(14)23(26)27)19(24)21-17-10-4-3-8-16(17)20(25)22-12-5-2-6-13-22/h3-4,7-11H,2,5-6,12-13H2,1H3,(H,21,24). The molecule has 1 heterocycles. The van der Waals surface area contributed by atoms with Crippen LogP contribution in [-0.4, -0.2) is 34.7 Å².